The number of nitrogens with zero attached hydrogens (tertiary/aromatic N) is 2. The van der Waals surface area contributed by atoms with E-state index in [9.17, 15) is 19.2 Å². The molecule has 3 amide bonds. The Morgan fingerprint density at radius 3 is 2.52 bits per heavy atom. The van der Waals surface area contributed by atoms with E-state index in [0.29, 0.717) is 25.1 Å². The molecular formula is C30H39N5O5. The number of esters is 1. The van der Waals surface area contributed by atoms with E-state index in [4.69, 9.17) is 4.74 Å². The first-order valence-corrected chi connectivity index (χ1v) is 13.8. The van der Waals surface area contributed by atoms with Gasteiger partial charge in [0.25, 0.3) is 5.91 Å². The minimum Gasteiger partial charge on any atom is -0.455 e. The van der Waals surface area contributed by atoms with Crippen LogP contribution in [0.3, 0.4) is 0 Å². The molecule has 0 aliphatic carbocycles. The second kappa shape index (κ2) is 11.8. The van der Waals surface area contributed by atoms with Crippen molar-refractivity contribution in [3.8, 4) is 0 Å². The summed E-state index contributed by atoms with van der Waals surface area (Å²) in [6.45, 7) is 11.0. The number of amides is 3. The summed E-state index contributed by atoms with van der Waals surface area (Å²) in [6, 6.07) is 5.34. The molecule has 0 saturated carbocycles. The zero-order chi connectivity index (χ0) is 29.2. The smallest absolute Gasteiger partial charge is 0.325 e. The van der Waals surface area contributed by atoms with E-state index in [1.165, 1.54) is 5.01 Å². The van der Waals surface area contributed by atoms with Crippen LogP contribution in [0.15, 0.2) is 36.5 Å². The summed E-state index contributed by atoms with van der Waals surface area (Å²) in [6.07, 6.45) is 5.92. The summed E-state index contributed by atoms with van der Waals surface area (Å²) >= 11 is 0. The second-order valence-corrected chi connectivity index (χ2v) is 11.6. The van der Waals surface area contributed by atoms with E-state index in [1.54, 1.807) is 40.0 Å². The van der Waals surface area contributed by atoms with Crippen molar-refractivity contribution in [3.05, 3.63) is 47.8 Å². The number of carbonyl (C=O) groups is 4. The fourth-order valence-electron chi connectivity index (χ4n) is 4.78. The number of pyridine rings is 1. The van der Waals surface area contributed by atoms with E-state index in [1.807, 2.05) is 44.2 Å². The van der Waals surface area contributed by atoms with Gasteiger partial charge in [0.15, 0.2) is 0 Å². The van der Waals surface area contributed by atoms with Crippen molar-refractivity contribution in [1.82, 2.24) is 26.1 Å². The zero-order valence-corrected chi connectivity index (χ0v) is 24.0. The van der Waals surface area contributed by atoms with E-state index < -0.39 is 41.5 Å². The Hall–Kier alpha value is -3.79. The maximum absolute atomic E-state index is 13.3. The largest absolute Gasteiger partial charge is 0.455 e. The highest BCUT2D eigenvalue weighted by atomic mass is 16.5. The molecule has 1 fully saturated rings. The van der Waals surface area contributed by atoms with E-state index in [0.717, 1.165) is 16.3 Å². The minimum atomic E-state index is -0.915. The van der Waals surface area contributed by atoms with Gasteiger partial charge in [-0.3, -0.25) is 29.2 Å². The number of nitrogens with one attached hydrogen (secondary N) is 3. The van der Waals surface area contributed by atoms with Crippen molar-refractivity contribution in [3.63, 3.8) is 0 Å². The third kappa shape index (κ3) is 6.50. The van der Waals surface area contributed by atoms with E-state index in [2.05, 4.69) is 21.0 Å². The Kier molecular flexibility index (Phi) is 8.58. The molecule has 3 N–H and O–H groups in total. The van der Waals surface area contributed by atoms with E-state index in [-0.39, 0.29) is 17.7 Å². The van der Waals surface area contributed by atoms with E-state index >= 15 is 0 Å². The van der Waals surface area contributed by atoms with Crippen LogP contribution in [0.1, 0.15) is 71.7 Å². The predicted molar refractivity (Wildman–Crippen MR) is 151 cm³/mol. The number of aromatic nitrogens is 1. The molecular weight excluding hydrogens is 510 g/mol. The first-order valence-electron chi connectivity index (χ1n) is 13.8. The molecule has 1 saturated heterocycles. The van der Waals surface area contributed by atoms with Crippen LogP contribution in [0.4, 0.5) is 0 Å². The Labute approximate surface area is 234 Å². The van der Waals surface area contributed by atoms with Crippen molar-refractivity contribution < 1.29 is 23.9 Å². The average Bonchev–Trinajstić information content (AvgIpc) is 2.92. The highest BCUT2D eigenvalue weighted by Crippen LogP contribution is 2.25. The van der Waals surface area contributed by atoms with Gasteiger partial charge in [0, 0.05) is 18.1 Å². The minimum absolute atomic E-state index is 0.217. The molecule has 10 heteroatoms. The first kappa shape index (κ1) is 29.2. The fraction of sp³-hybridized carbons (Fsp3) is 0.500. The van der Waals surface area contributed by atoms with Crippen LogP contribution >= 0.6 is 0 Å². The van der Waals surface area contributed by atoms with Gasteiger partial charge in [0.05, 0.1) is 11.1 Å². The number of hydrogen-bond donors (Lipinski definition) is 3. The van der Waals surface area contributed by atoms with Gasteiger partial charge in [-0.05, 0) is 69.5 Å². The third-order valence-corrected chi connectivity index (χ3v) is 7.46. The monoisotopic (exact) mass is 549 g/mol. The SMILES string of the molecule is CC(C)[C@@H]1NC(=O)C(C)(C)C=Cc2ccc3cnc(cc3c2)[C@@H](C)OC(=O)[C@@H]2CCCN(N2)C(=O)[C@H](C)NC1=O. The van der Waals surface area contributed by atoms with Crippen molar-refractivity contribution in [1.29, 1.82) is 0 Å². The molecule has 2 aliphatic heterocycles. The molecule has 40 heavy (non-hydrogen) atoms. The summed E-state index contributed by atoms with van der Waals surface area (Å²) in [5.41, 5.74) is 3.55. The number of hydrogen-bond acceptors (Lipinski definition) is 7. The number of hydrazine groups is 1. The number of cyclic esters (lactones) is 1. The molecule has 10 nitrogen and oxygen atoms in total. The highest BCUT2D eigenvalue weighted by molar-refractivity contribution is 5.94. The lowest BCUT2D eigenvalue weighted by Crippen LogP contribution is -2.61. The van der Waals surface area contributed by atoms with Crippen LogP contribution in [0.5, 0.6) is 0 Å². The van der Waals surface area contributed by atoms with Gasteiger partial charge in [-0.2, -0.15) is 0 Å². The number of carbonyl (C=O) groups excluding carboxylic acids is 4. The zero-order valence-electron chi connectivity index (χ0n) is 24.0. The molecule has 0 unspecified atom stereocenters. The summed E-state index contributed by atoms with van der Waals surface area (Å²) in [5.74, 6) is -1.83. The number of rotatable bonds is 1. The van der Waals surface area contributed by atoms with Crippen molar-refractivity contribution in [2.75, 3.05) is 6.54 Å². The lowest BCUT2D eigenvalue weighted by Gasteiger charge is -2.35. The molecule has 0 spiro atoms. The van der Waals surface area contributed by atoms with Crippen LogP contribution in [-0.4, -0.2) is 58.4 Å². The molecule has 1 aromatic heterocycles. The lowest BCUT2D eigenvalue weighted by molar-refractivity contribution is -0.157. The Bertz CT molecular complexity index is 1340. The first-order chi connectivity index (χ1) is 18.9. The molecule has 3 heterocycles. The molecule has 2 aliphatic rings. The summed E-state index contributed by atoms with van der Waals surface area (Å²) in [7, 11) is 0. The number of ether oxygens (including phenoxy) is 1. The van der Waals surface area contributed by atoms with Crippen molar-refractivity contribution in [2.24, 2.45) is 11.3 Å². The summed E-state index contributed by atoms with van der Waals surface area (Å²) in [5, 5.41) is 8.83. The van der Waals surface area contributed by atoms with Gasteiger partial charge in [-0.15, -0.1) is 0 Å². The number of fused-ring (bicyclic) bond motifs is 4. The standard InChI is InChI=1S/C30H39N5O5/c1-17(2)25-26(36)32-18(3)27(37)35-13-7-8-23(34-35)28(38)40-19(4)24-15-22-14-20(9-10-21(22)16-31-24)11-12-30(5,6)29(39)33-25/h9-12,14-19,23,25,34H,7-8,13H2,1-6H3,(H,32,36)(H,33,39)/t18-,19+,23-,25-/m0/s1. The van der Waals surface area contributed by atoms with Crippen LogP contribution in [0.2, 0.25) is 0 Å². The van der Waals surface area contributed by atoms with Gasteiger partial charge in [-0.25, -0.2) is 5.43 Å². The van der Waals surface area contributed by atoms with Crippen molar-refractivity contribution >= 4 is 40.5 Å². The molecule has 1 aromatic carbocycles. The number of benzene rings is 1. The van der Waals surface area contributed by atoms with Gasteiger partial charge in [-0.1, -0.05) is 38.1 Å². The highest BCUT2D eigenvalue weighted by Gasteiger charge is 2.35. The van der Waals surface area contributed by atoms with Crippen LogP contribution < -0.4 is 16.1 Å². The summed E-state index contributed by atoms with van der Waals surface area (Å²) < 4.78 is 5.75. The van der Waals surface area contributed by atoms with Gasteiger partial charge < -0.3 is 15.4 Å². The summed E-state index contributed by atoms with van der Waals surface area (Å²) in [4.78, 5) is 57.2. The Morgan fingerprint density at radius 2 is 1.80 bits per heavy atom. The molecule has 2 aromatic rings. The van der Waals surface area contributed by atoms with Crippen LogP contribution in [-0.2, 0) is 23.9 Å². The van der Waals surface area contributed by atoms with Crippen molar-refractivity contribution in [2.45, 2.75) is 78.6 Å². The second-order valence-electron chi connectivity index (χ2n) is 11.6. The Balaban J connectivity index is 1.70. The maximum atomic E-state index is 13.3. The predicted octanol–water partition coefficient (Wildman–Crippen LogP) is 3.03. The maximum Gasteiger partial charge on any atom is 0.325 e. The fourth-order valence-corrected chi connectivity index (χ4v) is 4.78. The molecule has 0 radical (unpaired) electrons. The lowest BCUT2D eigenvalue weighted by atomic mass is 9.89. The molecule has 4 atom stereocenters. The average molecular weight is 550 g/mol. The van der Waals surface area contributed by atoms with Crippen LogP contribution in [0, 0.1) is 11.3 Å². The van der Waals surface area contributed by atoms with Gasteiger partial charge in [0.1, 0.15) is 24.2 Å². The third-order valence-electron chi connectivity index (χ3n) is 7.46. The van der Waals surface area contributed by atoms with Gasteiger partial charge in [0.2, 0.25) is 11.8 Å². The molecule has 214 valence electrons. The molecule has 4 rings (SSSR count). The van der Waals surface area contributed by atoms with Crippen LogP contribution in [0.25, 0.3) is 16.8 Å². The normalized spacial score (nSPS) is 26.4. The Morgan fingerprint density at radius 1 is 1.05 bits per heavy atom. The quantitative estimate of drug-likeness (QED) is 0.466. The molecule has 5 bridgehead atoms. The topological polar surface area (TPSA) is 130 Å². The van der Waals surface area contributed by atoms with Gasteiger partial charge >= 0.3 is 5.97 Å².